The summed E-state index contributed by atoms with van der Waals surface area (Å²) in [5.74, 6) is 1.45. The van der Waals surface area contributed by atoms with E-state index >= 15 is 0 Å². The molecule has 0 radical (unpaired) electrons. The topological polar surface area (TPSA) is 116 Å². The molecule has 2 aromatic heterocycles. The van der Waals surface area contributed by atoms with Crippen LogP contribution < -0.4 is 20.5 Å². The molecule has 0 aliphatic carbocycles. The van der Waals surface area contributed by atoms with Gasteiger partial charge in [-0.25, -0.2) is 0 Å². The third kappa shape index (κ3) is 6.66. The number of ether oxygens (including phenoxy) is 2. The Bertz CT molecular complexity index is 1290. The smallest absolute Gasteiger partial charge is 0.204 e. The number of hydrogen-bond acceptors (Lipinski definition) is 7. The van der Waals surface area contributed by atoms with Gasteiger partial charge in [0.05, 0.1) is 19.7 Å². The van der Waals surface area contributed by atoms with E-state index in [2.05, 4.69) is 41.2 Å². The molecular formula is C27H32N4O4. The number of fused-ring (bicyclic) bond motifs is 2. The highest BCUT2D eigenvalue weighted by atomic mass is 16.5. The number of hydrogen-bond donors (Lipinski definition) is 2. The minimum atomic E-state index is 0.250. The van der Waals surface area contributed by atoms with Gasteiger partial charge in [-0.2, -0.15) is 0 Å². The summed E-state index contributed by atoms with van der Waals surface area (Å²) >= 11 is 0. The predicted molar refractivity (Wildman–Crippen MR) is 140 cm³/mol. The molecular weight excluding hydrogens is 444 g/mol. The van der Waals surface area contributed by atoms with Gasteiger partial charge in [-0.05, 0) is 66.3 Å². The zero-order valence-corrected chi connectivity index (χ0v) is 20.8. The van der Waals surface area contributed by atoms with E-state index in [0.29, 0.717) is 0 Å². The zero-order valence-electron chi connectivity index (χ0n) is 20.8. The SMILES string of the molecule is CC=O.CCc1ncc(Cc2cnc3ccc(NC)cc3c2)c2cc(OC)c(OC)cc12.NC=O. The molecule has 0 fully saturated rings. The van der Waals surface area contributed by atoms with Gasteiger partial charge < -0.3 is 25.3 Å². The van der Waals surface area contributed by atoms with Crippen LogP contribution in [0.3, 0.4) is 0 Å². The molecule has 2 heterocycles. The Balaban J connectivity index is 0.000000655. The van der Waals surface area contributed by atoms with Crippen LogP contribution >= 0.6 is 0 Å². The maximum absolute atomic E-state index is 8.81. The summed E-state index contributed by atoms with van der Waals surface area (Å²) in [6, 6.07) is 12.5. The molecule has 0 unspecified atom stereocenters. The Morgan fingerprint density at radius 3 is 2.17 bits per heavy atom. The van der Waals surface area contributed by atoms with Crippen molar-refractivity contribution >= 4 is 40.1 Å². The van der Waals surface area contributed by atoms with E-state index in [1.807, 2.05) is 37.6 Å². The number of benzene rings is 2. The maximum Gasteiger partial charge on any atom is 0.204 e. The number of nitrogens with one attached hydrogen (secondary N) is 1. The number of amides is 1. The summed E-state index contributed by atoms with van der Waals surface area (Å²) in [4.78, 5) is 26.7. The van der Waals surface area contributed by atoms with Crippen LogP contribution in [0.15, 0.2) is 48.8 Å². The van der Waals surface area contributed by atoms with E-state index in [1.54, 1.807) is 14.2 Å². The van der Waals surface area contributed by atoms with Crippen molar-refractivity contribution in [3.8, 4) is 11.5 Å². The Labute approximate surface area is 205 Å². The van der Waals surface area contributed by atoms with E-state index in [-0.39, 0.29) is 6.41 Å². The van der Waals surface area contributed by atoms with Crippen LogP contribution in [-0.4, -0.2) is 43.9 Å². The van der Waals surface area contributed by atoms with Crippen molar-refractivity contribution in [3.05, 3.63) is 65.6 Å². The van der Waals surface area contributed by atoms with Crippen LogP contribution in [0.25, 0.3) is 21.7 Å². The number of nitrogens with zero attached hydrogens (tertiary/aromatic N) is 2. The molecule has 2 aromatic carbocycles. The number of carbonyl (C=O) groups is 2. The molecule has 1 amide bonds. The van der Waals surface area contributed by atoms with Gasteiger partial charge in [-0.3, -0.25) is 14.8 Å². The Kier molecular flexibility index (Phi) is 10.4. The van der Waals surface area contributed by atoms with Crippen LogP contribution in [0.2, 0.25) is 0 Å². The second-order valence-electron chi connectivity index (χ2n) is 7.39. The molecule has 35 heavy (non-hydrogen) atoms. The first-order chi connectivity index (χ1) is 17.0. The number of anilines is 1. The van der Waals surface area contributed by atoms with Gasteiger partial charge in [0.25, 0.3) is 0 Å². The first kappa shape index (κ1) is 27.0. The number of primary amides is 1. The fraction of sp³-hybridized carbons (Fsp3) is 0.259. The largest absolute Gasteiger partial charge is 0.493 e. The lowest BCUT2D eigenvalue weighted by Crippen LogP contribution is -1.99. The van der Waals surface area contributed by atoms with Crippen LogP contribution in [0.1, 0.15) is 30.7 Å². The second-order valence-corrected chi connectivity index (χ2v) is 7.39. The molecule has 0 saturated carbocycles. The van der Waals surface area contributed by atoms with Crippen molar-refractivity contribution in [2.24, 2.45) is 5.73 Å². The summed E-state index contributed by atoms with van der Waals surface area (Å²) in [5.41, 5.74) is 9.58. The standard InChI is InChI=1S/C24H25N3O2.C2H4O.CH3NO/c1-5-21-20-12-24(29-4)23(28-3)11-19(20)17(14-27-21)9-15-8-16-10-18(25-2)6-7-22(16)26-13-15;1-2-3;2-1-3/h6-8,10-14,25H,5,9H2,1-4H3;2H,1H3;1H,(H2,2,3). The number of aldehydes is 1. The summed E-state index contributed by atoms with van der Waals surface area (Å²) in [7, 11) is 5.25. The van der Waals surface area contributed by atoms with Gasteiger partial charge in [0.15, 0.2) is 11.5 Å². The summed E-state index contributed by atoms with van der Waals surface area (Å²) < 4.78 is 11.0. The second kappa shape index (κ2) is 13.5. The number of pyridine rings is 2. The van der Waals surface area contributed by atoms with Crippen molar-refractivity contribution < 1.29 is 19.1 Å². The lowest BCUT2D eigenvalue weighted by Gasteiger charge is -2.14. The van der Waals surface area contributed by atoms with Gasteiger partial charge in [0.1, 0.15) is 6.29 Å². The molecule has 0 aliphatic rings. The van der Waals surface area contributed by atoms with Crippen molar-refractivity contribution in [1.29, 1.82) is 0 Å². The molecule has 8 nitrogen and oxygen atoms in total. The Hall–Kier alpha value is -4.20. The van der Waals surface area contributed by atoms with Crippen LogP contribution in [0.4, 0.5) is 5.69 Å². The molecule has 0 bridgehead atoms. The number of methoxy groups -OCH3 is 2. The van der Waals surface area contributed by atoms with E-state index in [4.69, 9.17) is 24.0 Å². The van der Waals surface area contributed by atoms with Crippen LogP contribution in [0, 0.1) is 0 Å². The van der Waals surface area contributed by atoms with Gasteiger partial charge >= 0.3 is 0 Å². The highest BCUT2D eigenvalue weighted by molar-refractivity contribution is 5.91. The number of aryl methyl sites for hydroxylation is 1. The quantitative estimate of drug-likeness (QED) is 0.399. The first-order valence-electron chi connectivity index (χ1n) is 11.1. The lowest BCUT2D eigenvalue weighted by molar-refractivity contribution is -0.107. The van der Waals surface area contributed by atoms with Crippen molar-refractivity contribution in [3.63, 3.8) is 0 Å². The first-order valence-corrected chi connectivity index (χ1v) is 11.1. The van der Waals surface area contributed by atoms with Crippen molar-refractivity contribution in [2.45, 2.75) is 26.7 Å². The Morgan fingerprint density at radius 2 is 1.60 bits per heavy atom. The average molecular weight is 477 g/mol. The molecule has 0 aliphatic heterocycles. The molecule has 0 spiro atoms. The predicted octanol–water partition coefficient (Wildman–Crippen LogP) is 4.30. The van der Waals surface area contributed by atoms with E-state index in [9.17, 15) is 0 Å². The van der Waals surface area contributed by atoms with Crippen molar-refractivity contribution in [1.82, 2.24) is 9.97 Å². The molecule has 0 saturated heterocycles. The fourth-order valence-electron chi connectivity index (χ4n) is 3.75. The van der Waals surface area contributed by atoms with Crippen LogP contribution in [0.5, 0.6) is 11.5 Å². The van der Waals surface area contributed by atoms with Gasteiger partial charge in [0, 0.05) is 48.0 Å². The van der Waals surface area contributed by atoms with Gasteiger partial charge in [0.2, 0.25) is 6.41 Å². The van der Waals surface area contributed by atoms with E-state index in [0.717, 1.165) is 74.8 Å². The van der Waals surface area contributed by atoms with Gasteiger partial charge in [-0.15, -0.1) is 0 Å². The molecule has 4 rings (SSSR count). The highest BCUT2D eigenvalue weighted by Gasteiger charge is 2.13. The van der Waals surface area contributed by atoms with Gasteiger partial charge in [-0.1, -0.05) is 6.92 Å². The molecule has 0 atom stereocenters. The van der Waals surface area contributed by atoms with Crippen LogP contribution in [-0.2, 0) is 22.4 Å². The monoisotopic (exact) mass is 476 g/mol. The summed E-state index contributed by atoms with van der Waals surface area (Å²) in [5, 5.41) is 6.55. The number of carbonyl (C=O) groups excluding carboxylic acids is 2. The molecule has 4 aromatic rings. The fourth-order valence-corrected chi connectivity index (χ4v) is 3.75. The van der Waals surface area contributed by atoms with E-state index in [1.165, 1.54) is 6.92 Å². The lowest BCUT2D eigenvalue weighted by atomic mass is 9.98. The summed E-state index contributed by atoms with van der Waals surface area (Å²) in [6.07, 6.45) is 6.52. The van der Waals surface area contributed by atoms with E-state index < -0.39 is 0 Å². The number of rotatable bonds is 6. The molecule has 3 N–H and O–H groups in total. The summed E-state index contributed by atoms with van der Waals surface area (Å²) in [6.45, 7) is 3.56. The normalized spacial score (nSPS) is 9.86. The van der Waals surface area contributed by atoms with Crippen molar-refractivity contribution in [2.75, 3.05) is 26.6 Å². The Morgan fingerprint density at radius 1 is 0.971 bits per heavy atom. The molecule has 8 heteroatoms. The number of nitrogens with two attached hydrogens (primary N) is 1. The third-order valence-corrected chi connectivity index (χ3v) is 5.31. The molecule has 184 valence electrons. The number of aromatic nitrogens is 2. The highest BCUT2D eigenvalue weighted by Crippen LogP contribution is 2.35. The minimum absolute atomic E-state index is 0.250. The average Bonchev–Trinajstić information content (AvgIpc) is 2.88. The minimum Gasteiger partial charge on any atom is -0.493 e. The third-order valence-electron chi connectivity index (χ3n) is 5.31. The maximum atomic E-state index is 8.81. The zero-order chi connectivity index (χ0) is 25.8.